The van der Waals surface area contributed by atoms with Gasteiger partial charge in [-0.25, -0.2) is 5.43 Å². The molecule has 1 amide bonds. The van der Waals surface area contributed by atoms with E-state index < -0.39 is 0 Å². The molecule has 0 aliphatic rings. The number of benzene rings is 2. The fraction of sp³-hybridized carbons (Fsp3) is 0.263. The van der Waals surface area contributed by atoms with Crippen LogP contribution < -0.4 is 10.2 Å². The second kappa shape index (κ2) is 7.62. The van der Waals surface area contributed by atoms with Gasteiger partial charge in [0, 0.05) is 15.6 Å². The standard InChI is InChI=1S/C19H21BrN2O2/c1-19(2,3)15-7-5-13(6-8-15)18(23)22-21-12-14-11-16(20)9-10-17(14)24-4/h5-12H,1-4H3,(H,22,23)/b21-12-. The minimum absolute atomic E-state index is 0.0599. The van der Waals surface area contributed by atoms with E-state index >= 15 is 0 Å². The first kappa shape index (κ1) is 18.2. The van der Waals surface area contributed by atoms with Gasteiger partial charge in [-0.15, -0.1) is 0 Å². The van der Waals surface area contributed by atoms with E-state index in [1.54, 1.807) is 13.3 Å². The lowest BCUT2D eigenvalue weighted by molar-refractivity contribution is 0.0955. The fourth-order valence-corrected chi connectivity index (χ4v) is 2.53. The van der Waals surface area contributed by atoms with Gasteiger partial charge in [-0.3, -0.25) is 4.79 Å². The smallest absolute Gasteiger partial charge is 0.271 e. The number of hydrazone groups is 1. The zero-order valence-corrected chi connectivity index (χ0v) is 15.8. The average molecular weight is 389 g/mol. The van der Waals surface area contributed by atoms with Crippen LogP contribution in [0, 0.1) is 0 Å². The number of halogens is 1. The fourth-order valence-electron chi connectivity index (χ4n) is 2.15. The maximum atomic E-state index is 12.2. The van der Waals surface area contributed by atoms with Gasteiger partial charge in [-0.2, -0.15) is 5.10 Å². The molecule has 0 saturated heterocycles. The van der Waals surface area contributed by atoms with Crippen molar-refractivity contribution in [3.8, 4) is 5.75 Å². The predicted molar refractivity (Wildman–Crippen MR) is 101 cm³/mol. The number of nitrogens with one attached hydrogen (secondary N) is 1. The summed E-state index contributed by atoms with van der Waals surface area (Å²) < 4.78 is 6.17. The molecular formula is C19H21BrN2O2. The summed E-state index contributed by atoms with van der Waals surface area (Å²) in [6, 6.07) is 13.1. The quantitative estimate of drug-likeness (QED) is 0.618. The number of methoxy groups -OCH3 is 1. The third kappa shape index (κ3) is 4.68. The van der Waals surface area contributed by atoms with E-state index in [-0.39, 0.29) is 11.3 Å². The van der Waals surface area contributed by atoms with Crippen molar-refractivity contribution in [2.24, 2.45) is 5.10 Å². The summed E-state index contributed by atoms with van der Waals surface area (Å²) in [6.45, 7) is 6.41. The van der Waals surface area contributed by atoms with Gasteiger partial charge in [0.25, 0.3) is 5.91 Å². The summed E-state index contributed by atoms with van der Waals surface area (Å²) in [5.41, 5.74) is 5.12. The lowest BCUT2D eigenvalue weighted by Gasteiger charge is -2.18. The molecule has 0 aliphatic heterocycles. The Morgan fingerprint density at radius 1 is 1.17 bits per heavy atom. The van der Waals surface area contributed by atoms with Gasteiger partial charge >= 0.3 is 0 Å². The lowest BCUT2D eigenvalue weighted by Crippen LogP contribution is -2.18. The van der Waals surface area contributed by atoms with Crippen LogP contribution in [0.1, 0.15) is 42.3 Å². The molecule has 0 fully saturated rings. The van der Waals surface area contributed by atoms with E-state index in [1.165, 1.54) is 5.56 Å². The topological polar surface area (TPSA) is 50.7 Å². The summed E-state index contributed by atoms with van der Waals surface area (Å²) in [4.78, 5) is 12.2. The molecule has 126 valence electrons. The van der Waals surface area contributed by atoms with Crippen molar-refractivity contribution in [2.75, 3.05) is 7.11 Å². The first-order valence-corrected chi connectivity index (χ1v) is 8.38. The summed E-state index contributed by atoms with van der Waals surface area (Å²) in [7, 11) is 1.59. The molecule has 0 bridgehead atoms. The number of ether oxygens (including phenoxy) is 1. The highest BCUT2D eigenvalue weighted by atomic mass is 79.9. The van der Waals surface area contributed by atoms with Crippen LogP contribution >= 0.6 is 15.9 Å². The number of hydrogen-bond donors (Lipinski definition) is 1. The normalized spacial score (nSPS) is 11.5. The Labute approximate surface area is 151 Å². The number of rotatable bonds is 4. The van der Waals surface area contributed by atoms with Crippen LogP contribution in [0.4, 0.5) is 0 Å². The minimum Gasteiger partial charge on any atom is -0.496 e. The highest BCUT2D eigenvalue weighted by Gasteiger charge is 2.14. The van der Waals surface area contributed by atoms with E-state index in [9.17, 15) is 4.79 Å². The van der Waals surface area contributed by atoms with E-state index in [0.29, 0.717) is 11.3 Å². The molecule has 2 aromatic rings. The molecule has 2 rings (SSSR count). The van der Waals surface area contributed by atoms with Crippen molar-refractivity contribution >= 4 is 28.1 Å². The Kier molecular flexibility index (Phi) is 5.78. The number of hydrogen-bond acceptors (Lipinski definition) is 3. The average Bonchev–Trinajstić information content (AvgIpc) is 2.54. The second-order valence-corrected chi connectivity index (χ2v) is 7.33. The van der Waals surface area contributed by atoms with E-state index in [0.717, 1.165) is 10.0 Å². The molecule has 0 radical (unpaired) electrons. The van der Waals surface area contributed by atoms with Crippen molar-refractivity contribution in [3.05, 3.63) is 63.6 Å². The van der Waals surface area contributed by atoms with Crippen molar-refractivity contribution in [1.29, 1.82) is 0 Å². The first-order valence-electron chi connectivity index (χ1n) is 7.59. The van der Waals surface area contributed by atoms with Gasteiger partial charge < -0.3 is 4.74 Å². The van der Waals surface area contributed by atoms with E-state index in [4.69, 9.17) is 4.74 Å². The molecule has 0 saturated carbocycles. The molecule has 0 aliphatic carbocycles. The third-order valence-electron chi connectivity index (χ3n) is 3.57. The summed E-state index contributed by atoms with van der Waals surface area (Å²) in [6.07, 6.45) is 1.56. The number of carbonyl (C=O) groups is 1. The lowest BCUT2D eigenvalue weighted by atomic mass is 9.87. The molecule has 24 heavy (non-hydrogen) atoms. The van der Waals surface area contributed by atoms with Crippen LogP contribution in [0.5, 0.6) is 5.75 Å². The molecule has 0 unspecified atom stereocenters. The number of carbonyl (C=O) groups excluding carboxylic acids is 1. The maximum Gasteiger partial charge on any atom is 0.271 e. The largest absolute Gasteiger partial charge is 0.496 e. The molecule has 4 nitrogen and oxygen atoms in total. The molecular weight excluding hydrogens is 368 g/mol. The first-order chi connectivity index (χ1) is 11.3. The zero-order valence-electron chi connectivity index (χ0n) is 14.3. The van der Waals surface area contributed by atoms with Crippen molar-refractivity contribution in [1.82, 2.24) is 5.43 Å². The summed E-state index contributed by atoms with van der Waals surface area (Å²) in [5, 5.41) is 4.01. The van der Waals surface area contributed by atoms with Gasteiger partial charge in [0.05, 0.1) is 13.3 Å². The van der Waals surface area contributed by atoms with Gasteiger partial charge in [-0.05, 0) is 41.3 Å². The highest BCUT2D eigenvalue weighted by molar-refractivity contribution is 9.10. The van der Waals surface area contributed by atoms with Crippen molar-refractivity contribution in [3.63, 3.8) is 0 Å². The van der Waals surface area contributed by atoms with Crippen LogP contribution in [0.3, 0.4) is 0 Å². The second-order valence-electron chi connectivity index (χ2n) is 6.41. The molecule has 0 atom stereocenters. The van der Waals surface area contributed by atoms with E-state index in [1.807, 2.05) is 42.5 Å². The molecule has 1 N–H and O–H groups in total. The van der Waals surface area contributed by atoms with Crippen LogP contribution in [0.25, 0.3) is 0 Å². The Morgan fingerprint density at radius 3 is 2.42 bits per heavy atom. The van der Waals surface area contributed by atoms with Crippen LogP contribution in [0.2, 0.25) is 0 Å². The molecule has 2 aromatic carbocycles. The SMILES string of the molecule is COc1ccc(Br)cc1/C=N\NC(=O)c1ccc(C(C)(C)C)cc1. The Balaban J connectivity index is 2.07. The third-order valence-corrected chi connectivity index (χ3v) is 4.07. The number of nitrogens with zero attached hydrogens (tertiary/aromatic N) is 1. The van der Waals surface area contributed by atoms with Gasteiger partial charge in [0.15, 0.2) is 0 Å². The summed E-state index contributed by atoms with van der Waals surface area (Å²) in [5.74, 6) is 0.436. The van der Waals surface area contributed by atoms with Gasteiger partial charge in [0.1, 0.15) is 5.75 Å². The van der Waals surface area contributed by atoms with Crippen molar-refractivity contribution in [2.45, 2.75) is 26.2 Å². The number of amides is 1. The summed E-state index contributed by atoms with van der Waals surface area (Å²) >= 11 is 3.40. The molecule has 0 heterocycles. The van der Waals surface area contributed by atoms with Gasteiger partial charge in [-0.1, -0.05) is 48.8 Å². The highest BCUT2D eigenvalue weighted by Crippen LogP contribution is 2.22. The minimum atomic E-state index is -0.249. The Hall–Kier alpha value is -2.14. The maximum absolute atomic E-state index is 12.2. The monoisotopic (exact) mass is 388 g/mol. The Bertz CT molecular complexity index is 747. The molecule has 5 heteroatoms. The molecule has 0 spiro atoms. The van der Waals surface area contributed by atoms with E-state index in [2.05, 4.69) is 47.2 Å². The van der Waals surface area contributed by atoms with Crippen LogP contribution in [-0.2, 0) is 5.41 Å². The zero-order chi connectivity index (χ0) is 17.7. The van der Waals surface area contributed by atoms with Crippen LogP contribution in [0.15, 0.2) is 52.0 Å². The Morgan fingerprint density at radius 2 is 1.83 bits per heavy atom. The van der Waals surface area contributed by atoms with Crippen LogP contribution in [-0.4, -0.2) is 19.2 Å². The van der Waals surface area contributed by atoms with Gasteiger partial charge in [0.2, 0.25) is 0 Å². The van der Waals surface area contributed by atoms with Crippen molar-refractivity contribution < 1.29 is 9.53 Å². The molecule has 0 aromatic heterocycles. The predicted octanol–water partition coefficient (Wildman–Crippen LogP) is 4.52.